The molecule has 1 fully saturated rings. The van der Waals surface area contributed by atoms with Crippen LogP contribution in [-0.4, -0.2) is 80.4 Å². The summed E-state index contributed by atoms with van der Waals surface area (Å²) in [6.45, 7) is 3.45. The van der Waals surface area contributed by atoms with Gasteiger partial charge in [-0.05, 0) is 0 Å². The normalized spacial score (nSPS) is 23.8. The van der Waals surface area contributed by atoms with Gasteiger partial charge < -0.3 is 14.2 Å². The van der Waals surface area contributed by atoms with Crippen LogP contribution in [0.15, 0.2) is 0 Å². The van der Waals surface area contributed by atoms with E-state index in [4.69, 9.17) is 14.2 Å². The summed E-state index contributed by atoms with van der Waals surface area (Å²) in [5.41, 5.74) is 0. The van der Waals surface area contributed by atoms with Crippen LogP contribution in [0.2, 0.25) is 0 Å². The minimum Gasteiger partial charge on any atom is -0.377 e. The zero-order valence-corrected chi connectivity index (χ0v) is 10.9. The molecular formula is C12H19N2O5+. The zero-order valence-electron chi connectivity index (χ0n) is 10.9. The van der Waals surface area contributed by atoms with Crippen molar-refractivity contribution in [3.63, 3.8) is 0 Å². The lowest BCUT2D eigenvalue weighted by molar-refractivity contribution is -0.438. The number of carbonyl (C=O) groups excluding carboxylic acids is 2. The predicted molar refractivity (Wildman–Crippen MR) is 65.4 cm³/mol. The second kappa shape index (κ2) is 7.32. The molecule has 3 amide bonds. The molecule has 1 saturated heterocycles. The van der Waals surface area contributed by atoms with Gasteiger partial charge in [0.05, 0.1) is 45.9 Å². The van der Waals surface area contributed by atoms with Crippen LogP contribution in [0.5, 0.6) is 0 Å². The number of fused-ring (bicyclic) bond motifs is 2. The van der Waals surface area contributed by atoms with Gasteiger partial charge in [-0.25, -0.2) is 4.79 Å². The minimum atomic E-state index is -0.295. The summed E-state index contributed by atoms with van der Waals surface area (Å²) in [6.07, 6.45) is 1.86. The fourth-order valence-corrected chi connectivity index (χ4v) is 1.91. The molecule has 106 valence electrons. The van der Waals surface area contributed by atoms with Crippen molar-refractivity contribution in [1.29, 1.82) is 0 Å². The third-order valence-electron chi connectivity index (χ3n) is 2.94. The Balaban J connectivity index is 1.97. The molecule has 2 rings (SSSR count). The molecule has 0 atom stereocenters. The molecule has 0 aromatic heterocycles. The smallest absolute Gasteiger partial charge is 0.377 e. The number of ether oxygens (including phenoxy) is 3. The molecule has 0 radical (unpaired) electrons. The highest BCUT2D eigenvalue weighted by molar-refractivity contribution is 6.01. The summed E-state index contributed by atoms with van der Waals surface area (Å²) < 4.78 is 17.5. The van der Waals surface area contributed by atoms with Crippen LogP contribution in [-0.2, 0) is 19.0 Å². The van der Waals surface area contributed by atoms with Crippen LogP contribution >= 0.6 is 0 Å². The first-order chi connectivity index (χ1) is 9.29. The number of carbonyl (C=O) groups is 2. The molecule has 2 bridgehead atoms. The van der Waals surface area contributed by atoms with Crippen LogP contribution < -0.4 is 0 Å². The SMILES string of the molecule is O=C1CC=[N+]2CCOCCOCCOCCN1C2=O. The molecule has 0 aromatic carbocycles. The Hall–Kier alpha value is -1.31. The van der Waals surface area contributed by atoms with Crippen LogP contribution in [0.3, 0.4) is 0 Å². The Morgan fingerprint density at radius 3 is 2.32 bits per heavy atom. The van der Waals surface area contributed by atoms with Gasteiger partial charge in [0.1, 0.15) is 19.5 Å². The Morgan fingerprint density at radius 1 is 0.947 bits per heavy atom. The molecule has 2 heterocycles. The van der Waals surface area contributed by atoms with Crippen molar-refractivity contribution < 1.29 is 28.4 Å². The van der Waals surface area contributed by atoms with Crippen molar-refractivity contribution in [2.45, 2.75) is 6.42 Å². The molecule has 0 aromatic rings. The second-order valence-corrected chi connectivity index (χ2v) is 4.25. The van der Waals surface area contributed by atoms with E-state index in [-0.39, 0.29) is 24.9 Å². The third kappa shape index (κ3) is 4.09. The number of nitrogens with zero attached hydrogens (tertiary/aromatic N) is 2. The van der Waals surface area contributed by atoms with E-state index in [2.05, 4.69) is 0 Å². The van der Waals surface area contributed by atoms with E-state index in [0.29, 0.717) is 46.2 Å². The Kier molecular flexibility index (Phi) is 5.44. The predicted octanol–water partition coefficient (Wildman–Crippen LogP) is -0.515. The van der Waals surface area contributed by atoms with E-state index in [9.17, 15) is 9.59 Å². The van der Waals surface area contributed by atoms with Crippen LogP contribution in [0.1, 0.15) is 6.42 Å². The molecule has 0 N–H and O–H groups in total. The van der Waals surface area contributed by atoms with Crippen molar-refractivity contribution in [2.75, 3.05) is 52.7 Å². The molecule has 0 saturated carbocycles. The summed E-state index contributed by atoms with van der Waals surface area (Å²) in [5, 5.41) is 0. The van der Waals surface area contributed by atoms with Crippen LogP contribution in [0, 0.1) is 0 Å². The average molecular weight is 271 g/mol. The van der Waals surface area contributed by atoms with E-state index in [1.807, 2.05) is 0 Å². The molecule has 2 aliphatic heterocycles. The lowest BCUT2D eigenvalue weighted by atomic mass is 10.3. The van der Waals surface area contributed by atoms with Gasteiger partial charge in [-0.15, -0.1) is 0 Å². The number of urea groups is 1. The summed E-state index contributed by atoms with van der Waals surface area (Å²) in [5.74, 6) is -0.186. The topological polar surface area (TPSA) is 68.1 Å². The van der Waals surface area contributed by atoms with E-state index >= 15 is 0 Å². The monoisotopic (exact) mass is 271 g/mol. The lowest BCUT2D eigenvalue weighted by Gasteiger charge is -2.19. The number of hydrogen-bond acceptors (Lipinski definition) is 5. The molecule has 7 heteroatoms. The first kappa shape index (κ1) is 14.1. The van der Waals surface area contributed by atoms with E-state index in [1.54, 1.807) is 6.21 Å². The van der Waals surface area contributed by atoms with Crippen molar-refractivity contribution in [2.24, 2.45) is 0 Å². The van der Waals surface area contributed by atoms with Gasteiger partial charge in [0.25, 0.3) is 0 Å². The van der Waals surface area contributed by atoms with Crippen molar-refractivity contribution in [1.82, 2.24) is 4.90 Å². The molecule has 19 heavy (non-hydrogen) atoms. The Labute approximate surface area is 111 Å². The van der Waals surface area contributed by atoms with Gasteiger partial charge in [0.15, 0.2) is 0 Å². The molecule has 0 unspecified atom stereocenters. The molecule has 7 nitrogen and oxygen atoms in total. The summed E-state index contributed by atoms with van der Waals surface area (Å²) in [4.78, 5) is 25.0. The number of imide groups is 1. The molecular weight excluding hydrogens is 252 g/mol. The highest BCUT2D eigenvalue weighted by Crippen LogP contribution is 2.04. The summed E-state index contributed by atoms with van der Waals surface area (Å²) in [6, 6.07) is -0.295. The Bertz CT molecular complexity index is 369. The highest BCUT2D eigenvalue weighted by Gasteiger charge is 2.36. The van der Waals surface area contributed by atoms with Crippen LogP contribution in [0.25, 0.3) is 0 Å². The number of hydrogen-bond donors (Lipinski definition) is 0. The summed E-state index contributed by atoms with van der Waals surface area (Å²) >= 11 is 0. The Morgan fingerprint density at radius 2 is 1.58 bits per heavy atom. The highest BCUT2D eigenvalue weighted by atomic mass is 16.5. The van der Waals surface area contributed by atoms with E-state index < -0.39 is 0 Å². The largest absolute Gasteiger partial charge is 0.500 e. The lowest BCUT2D eigenvalue weighted by Crippen LogP contribution is -2.49. The average Bonchev–Trinajstić information content (AvgIpc) is 2.40. The molecule has 0 spiro atoms. The third-order valence-corrected chi connectivity index (χ3v) is 2.94. The van der Waals surface area contributed by atoms with Crippen molar-refractivity contribution in [3.8, 4) is 0 Å². The van der Waals surface area contributed by atoms with Gasteiger partial charge in [-0.1, -0.05) is 0 Å². The maximum Gasteiger partial charge on any atom is 0.500 e. The standard InChI is InChI=1S/C12H19N2O5/c15-11-1-2-13-3-5-17-7-9-19-10-8-18-6-4-14(11)12(13)16/h2H,1,3-10H2/q+1. The van der Waals surface area contributed by atoms with Gasteiger partial charge in [0, 0.05) is 0 Å². The first-order valence-electron chi connectivity index (χ1n) is 6.46. The fraction of sp³-hybridized carbons (Fsp3) is 0.750. The van der Waals surface area contributed by atoms with Gasteiger partial charge >= 0.3 is 11.9 Å². The van der Waals surface area contributed by atoms with Gasteiger partial charge in [0.2, 0.25) is 0 Å². The van der Waals surface area contributed by atoms with Gasteiger partial charge in [-0.3, -0.25) is 0 Å². The minimum absolute atomic E-state index is 0.186. The number of rotatable bonds is 0. The van der Waals surface area contributed by atoms with Crippen molar-refractivity contribution >= 4 is 18.2 Å². The number of amides is 3. The van der Waals surface area contributed by atoms with E-state index in [0.717, 1.165) is 0 Å². The maximum atomic E-state index is 12.1. The van der Waals surface area contributed by atoms with E-state index in [1.165, 1.54) is 9.48 Å². The van der Waals surface area contributed by atoms with Crippen molar-refractivity contribution in [3.05, 3.63) is 0 Å². The zero-order chi connectivity index (χ0) is 13.5. The quantitative estimate of drug-likeness (QED) is 0.555. The second-order valence-electron chi connectivity index (χ2n) is 4.25. The molecule has 2 aliphatic rings. The fourth-order valence-electron chi connectivity index (χ4n) is 1.91. The first-order valence-corrected chi connectivity index (χ1v) is 6.46. The summed E-state index contributed by atoms with van der Waals surface area (Å²) in [7, 11) is 0. The van der Waals surface area contributed by atoms with Crippen LogP contribution in [0.4, 0.5) is 4.79 Å². The van der Waals surface area contributed by atoms with Gasteiger partial charge in [-0.2, -0.15) is 14.3 Å². The molecule has 0 aliphatic carbocycles. The maximum absolute atomic E-state index is 12.1.